The Labute approximate surface area is 133 Å². The number of rotatable bonds is 5. The summed E-state index contributed by atoms with van der Waals surface area (Å²) in [6, 6.07) is 12.0. The third kappa shape index (κ3) is 3.98. The van der Waals surface area contributed by atoms with Crippen LogP contribution in [0.25, 0.3) is 0 Å². The average Bonchev–Trinajstić information content (AvgIpc) is 2.55. The first-order valence-electron chi connectivity index (χ1n) is 8.11. The highest BCUT2D eigenvalue weighted by atomic mass is 16.1. The summed E-state index contributed by atoms with van der Waals surface area (Å²) in [6.07, 6.45) is 5.40. The number of benzene rings is 1. The largest absolute Gasteiger partial charge is 0.348 e. The molecule has 1 aromatic rings. The first kappa shape index (κ1) is 16.3. The Kier molecular flexibility index (Phi) is 5.77. The van der Waals surface area contributed by atoms with Crippen LogP contribution in [-0.4, -0.2) is 11.9 Å². The third-order valence-electron chi connectivity index (χ3n) is 4.43. The first-order chi connectivity index (χ1) is 10.7. The third-order valence-corrected chi connectivity index (χ3v) is 4.43. The van der Waals surface area contributed by atoms with Crippen molar-refractivity contribution >= 4 is 5.91 Å². The molecule has 1 aromatic carbocycles. The van der Waals surface area contributed by atoms with Crippen molar-refractivity contribution in [2.75, 3.05) is 0 Å². The molecule has 0 saturated carbocycles. The average molecular weight is 296 g/mol. The molecule has 1 amide bonds. The van der Waals surface area contributed by atoms with Gasteiger partial charge < -0.3 is 5.32 Å². The van der Waals surface area contributed by atoms with Crippen LogP contribution in [0.4, 0.5) is 0 Å². The molecular formula is C19H24N2O. The molecule has 0 radical (unpaired) electrons. The van der Waals surface area contributed by atoms with E-state index in [1.807, 2.05) is 30.3 Å². The molecule has 0 fully saturated rings. The van der Waals surface area contributed by atoms with Crippen LogP contribution >= 0.6 is 0 Å². The number of hydrogen-bond donors (Lipinski definition) is 1. The fourth-order valence-corrected chi connectivity index (χ4v) is 3.14. The zero-order chi connectivity index (χ0) is 15.9. The second-order valence-electron chi connectivity index (χ2n) is 5.94. The highest BCUT2D eigenvalue weighted by molar-refractivity contribution is 5.79. The van der Waals surface area contributed by atoms with Gasteiger partial charge >= 0.3 is 0 Å². The lowest BCUT2D eigenvalue weighted by Gasteiger charge is -2.32. The van der Waals surface area contributed by atoms with Crippen molar-refractivity contribution in [1.29, 1.82) is 5.26 Å². The van der Waals surface area contributed by atoms with Crippen molar-refractivity contribution in [3.05, 3.63) is 47.5 Å². The minimum Gasteiger partial charge on any atom is -0.348 e. The van der Waals surface area contributed by atoms with E-state index < -0.39 is 0 Å². The maximum Gasteiger partial charge on any atom is 0.224 e. The summed E-state index contributed by atoms with van der Waals surface area (Å²) in [6.45, 7) is 4.24. The zero-order valence-electron chi connectivity index (χ0n) is 13.4. The molecule has 3 unspecified atom stereocenters. The second kappa shape index (κ2) is 7.79. The van der Waals surface area contributed by atoms with Gasteiger partial charge in [0.2, 0.25) is 5.91 Å². The van der Waals surface area contributed by atoms with Crippen molar-refractivity contribution in [2.45, 2.75) is 45.6 Å². The lowest BCUT2D eigenvalue weighted by Crippen LogP contribution is -2.44. The van der Waals surface area contributed by atoms with E-state index in [0.29, 0.717) is 12.3 Å². The van der Waals surface area contributed by atoms with Crippen LogP contribution < -0.4 is 5.32 Å². The molecule has 0 heterocycles. The Morgan fingerprint density at radius 3 is 2.64 bits per heavy atom. The summed E-state index contributed by atoms with van der Waals surface area (Å²) in [5.41, 5.74) is 2.20. The maximum absolute atomic E-state index is 12.3. The van der Waals surface area contributed by atoms with Crippen LogP contribution in [0.1, 0.15) is 38.7 Å². The number of carbonyl (C=O) groups excluding carboxylic acids is 1. The quantitative estimate of drug-likeness (QED) is 0.844. The van der Waals surface area contributed by atoms with Crippen LogP contribution in [0, 0.1) is 23.2 Å². The molecule has 22 heavy (non-hydrogen) atoms. The molecule has 3 nitrogen and oxygen atoms in total. The minimum atomic E-state index is -0.131. The van der Waals surface area contributed by atoms with Gasteiger partial charge in [-0.2, -0.15) is 5.26 Å². The molecular weight excluding hydrogens is 272 g/mol. The van der Waals surface area contributed by atoms with E-state index >= 15 is 0 Å². The molecule has 0 spiro atoms. The highest BCUT2D eigenvalue weighted by Gasteiger charge is 2.31. The zero-order valence-corrected chi connectivity index (χ0v) is 13.4. The number of allylic oxidation sites excluding steroid dienone is 1. The molecule has 116 valence electrons. The topological polar surface area (TPSA) is 52.9 Å². The summed E-state index contributed by atoms with van der Waals surface area (Å²) in [4.78, 5) is 12.3. The monoisotopic (exact) mass is 296 g/mol. The van der Waals surface area contributed by atoms with Crippen molar-refractivity contribution in [3.8, 4) is 6.07 Å². The van der Waals surface area contributed by atoms with Crippen LogP contribution in [-0.2, 0) is 11.2 Å². The molecule has 1 N–H and O–H groups in total. The number of amides is 1. The summed E-state index contributed by atoms with van der Waals surface area (Å²) >= 11 is 0. The van der Waals surface area contributed by atoms with Gasteiger partial charge in [-0.05, 0) is 30.7 Å². The highest BCUT2D eigenvalue weighted by Crippen LogP contribution is 2.31. The Bertz CT molecular complexity index is 571. The first-order valence-corrected chi connectivity index (χ1v) is 8.11. The van der Waals surface area contributed by atoms with Gasteiger partial charge in [0.1, 0.15) is 0 Å². The van der Waals surface area contributed by atoms with E-state index in [-0.39, 0.29) is 17.9 Å². The second-order valence-corrected chi connectivity index (χ2v) is 5.94. The van der Waals surface area contributed by atoms with Crippen LogP contribution in [0.5, 0.6) is 0 Å². The molecule has 0 saturated heterocycles. The Morgan fingerprint density at radius 2 is 2.05 bits per heavy atom. The summed E-state index contributed by atoms with van der Waals surface area (Å²) in [5.74, 6) is 0.331. The number of hydrogen-bond acceptors (Lipinski definition) is 2. The Hall–Kier alpha value is -2.08. The molecule has 1 aliphatic rings. The SMILES string of the molecule is CCC1=CC(CC)CC(C#N)C1NC(=O)Cc1ccccc1. The van der Waals surface area contributed by atoms with Crippen LogP contribution in [0.15, 0.2) is 42.0 Å². The summed E-state index contributed by atoms with van der Waals surface area (Å²) < 4.78 is 0. The van der Waals surface area contributed by atoms with E-state index in [9.17, 15) is 10.1 Å². The maximum atomic E-state index is 12.3. The number of nitriles is 1. The fraction of sp³-hybridized carbons (Fsp3) is 0.474. The van der Waals surface area contributed by atoms with Gasteiger partial charge in [0.15, 0.2) is 0 Å². The predicted octanol–water partition coefficient (Wildman–Crippen LogP) is 3.62. The fourth-order valence-electron chi connectivity index (χ4n) is 3.14. The molecule has 1 aliphatic carbocycles. The van der Waals surface area contributed by atoms with Gasteiger partial charge in [0.25, 0.3) is 0 Å². The van der Waals surface area contributed by atoms with E-state index in [2.05, 4.69) is 31.3 Å². The van der Waals surface area contributed by atoms with Crippen LogP contribution in [0.2, 0.25) is 0 Å². The van der Waals surface area contributed by atoms with Gasteiger partial charge in [0, 0.05) is 0 Å². The van der Waals surface area contributed by atoms with E-state index in [1.54, 1.807) is 0 Å². The van der Waals surface area contributed by atoms with Gasteiger partial charge in [-0.15, -0.1) is 0 Å². The van der Waals surface area contributed by atoms with Gasteiger partial charge in [0.05, 0.1) is 24.4 Å². The number of nitrogens with one attached hydrogen (secondary N) is 1. The molecule has 3 atom stereocenters. The summed E-state index contributed by atoms with van der Waals surface area (Å²) in [7, 11) is 0. The van der Waals surface area contributed by atoms with Crippen molar-refractivity contribution in [3.63, 3.8) is 0 Å². The molecule has 0 aliphatic heterocycles. The number of carbonyl (C=O) groups is 1. The lowest BCUT2D eigenvalue weighted by molar-refractivity contribution is -0.121. The van der Waals surface area contributed by atoms with E-state index in [4.69, 9.17) is 0 Å². The normalized spacial score (nSPS) is 24.2. The number of nitrogens with zero attached hydrogens (tertiary/aromatic N) is 1. The van der Waals surface area contributed by atoms with Gasteiger partial charge in [-0.3, -0.25) is 4.79 Å². The van der Waals surface area contributed by atoms with Gasteiger partial charge in [-0.1, -0.05) is 55.8 Å². The smallest absolute Gasteiger partial charge is 0.224 e. The predicted molar refractivity (Wildman–Crippen MR) is 88.0 cm³/mol. The molecule has 0 bridgehead atoms. The minimum absolute atomic E-state index is 0.00857. The Morgan fingerprint density at radius 1 is 1.32 bits per heavy atom. The van der Waals surface area contributed by atoms with E-state index in [1.165, 1.54) is 5.57 Å². The van der Waals surface area contributed by atoms with Crippen molar-refractivity contribution < 1.29 is 4.79 Å². The standard InChI is InChI=1S/C19H24N2O/c1-3-14-10-16(4-2)19(17(11-14)13-20)21-18(22)12-15-8-6-5-7-9-15/h5-10,14,17,19H,3-4,11-12H2,1-2H3,(H,21,22). The van der Waals surface area contributed by atoms with Crippen LogP contribution in [0.3, 0.4) is 0 Å². The van der Waals surface area contributed by atoms with E-state index in [0.717, 1.165) is 24.8 Å². The van der Waals surface area contributed by atoms with Crippen molar-refractivity contribution in [2.24, 2.45) is 11.8 Å². The summed E-state index contributed by atoms with van der Waals surface area (Å²) in [5, 5.41) is 12.5. The van der Waals surface area contributed by atoms with Crippen molar-refractivity contribution in [1.82, 2.24) is 5.32 Å². The molecule has 2 rings (SSSR count). The molecule has 3 heteroatoms. The lowest BCUT2D eigenvalue weighted by atomic mass is 9.77. The molecule has 0 aromatic heterocycles. The van der Waals surface area contributed by atoms with Gasteiger partial charge in [-0.25, -0.2) is 0 Å². The Balaban J connectivity index is 2.08.